The fourth-order valence-electron chi connectivity index (χ4n) is 1.24. The molecule has 0 amide bonds. The number of benzene rings is 1. The minimum atomic E-state index is 0.182. The maximum atomic E-state index is 10.8. The Morgan fingerprint density at radius 1 is 1.50 bits per heavy atom. The molecule has 0 fully saturated rings. The summed E-state index contributed by atoms with van der Waals surface area (Å²) in [5, 5.41) is 0.647. The number of carbonyl (C=O) groups excluding carboxylic acids is 1. The first-order valence-electron chi connectivity index (χ1n) is 4.45. The third kappa shape index (κ3) is 3.04. The fraction of sp³-hybridized carbons (Fsp3) is 0.364. The number of methoxy groups -OCH3 is 1. The number of halogens is 1. The van der Waals surface area contributed by atoms with Crippen LogP contribution in [0.25, 0.3) is 0 Å². The van der Waals surface area contributed by atoms with Crippen molar-refractivity contribution >= 4 is 17.4 Å². The van der Waals surface area contributed by atoms with Crippen molar-refractivity contribution < 1.29 is 9.53 Å². The van der Waals surface area contributed by atoms with E-state index in [1.54, 1.807) is 26.2 Å². The number of ether oxygens (including phenoxy) is 1. The summed E-state index contributed by atoms with van der Waals surface area (Å²) in [4.78, 5) is 10.8. The van der Waals surface area contributed by atoms with Gasteiger partial charge in [0, 0.05) is 11.4 Å². The molecule has 0 aliphatic carbocycles. The molecule has 1 rings (SSSR count). The Hall–Kier alpha value is -1.02. The molecule has 0 aromatic heterocycles. The van der Waals surface area contributed by atoms with E-state index in [0.717, 1.165) is 11.3 Å². The third-order valence-corrected chi connectivity index (χ3v) is 2.23. The minimum absolute atomic E-state index is 0.182. The number of carbonyl (C=O) groups is 1. The van der Waals surface area contributed by atoms with Crippen LogP contribution in [0.1, 0.15) is 18.9 Å². The highest BCUT2D eigenvalue weighted by Crippen LogP contribution is 2.24. The van der Waals surface area contributed by atoms with Crippen molar-refractivity contribution in [2.45, 2.75) is 19.8 Å². The molecule has 0 N–H and O–H groups in total. The van der Waals surface area contributed by atoms with Gasteiger partial charge in [0.1, 0.15) is 11.5 Å². The highest BCUT2D eigenvalue weighted by molar-refractivity contribution is 6.30. The first kappa shape index (κ1) is 11.1. The van der Waals surface area contributed by atoms with E-state index in [4.69, 9.17) is 16.3 Å². The molecule has 0 aliphatic rings. The van der Waals surface area contributed by atoms with Gasteiger partial charge in [-0.3, -0.25) is 0 Å². The Kier molecular flexibility index (Phi) is 3.96. The summed E-state index contributed by atoms with van der Waals surface area (Å²) in [5.74, 6) is 0.931. The summed E-state index contributed by atoms with van der Waals surface area (Å²) < 4.78 is 5.16. The SMILES string of the molecule is COc1cc(Cl)ccc1CCC(C)=O. The lowest BCUT2D eigenvalue weighted by molar-refractivity contribution is -0.116. The average Bonchev–Trinajstić information content (AvgIpc) is 2.15. The molecule has 0 saturated carbocycles. The minimum Gasteiger partial charge on any atom is -0.496 e. The van der Waals surface area contributed by atoms with Crippen molar-refractivity contribution in [3.63, 3.8) is 0 Å². The van der Waals surface area contributed by atoms with E-state index >= 15 is 0 Å². The predicted molar refractivity (Wildman–Crippen MR) is 57.0 cm³/mol. The van der Waals surface area contributed by atoms with Gasteiger partial charge in [0.05, 0.1) is 7.11 Å². The van der Waals surface area contributed by atoms with Gasteiger partial charge in [-0.05, 0) is 31.0 Å². The number of hydrogen-bond donors (Lipinski definition) is 0. The summed E-state index contributed by atoms with van der Waals surface area (Å²) in [7, 11) is 1.60. The van der Waals surface area contributed by atoms with Gasteiger partial charge in [-0.2, -0.15) is 0 Å². The molecule has 0 bridgehead atoms. The standard InChI is InChI=1S/C11H13ClO2/c1-8(13)3-4-9-5-6-10(12)7-11(9)14-2/h5-7H,3-4H2,1-2H3. The van der Waals surface area contributed by atoms with E-state index in [0.29, 0.717) is 17.9 Å². The van der Waals surface area contributed by atoms with Crippen LogP contribution < -0.4 is 4.74 Å². The predicted octanol–water partition coefficient (Wildman–Crippen LogP) is 2.87. The van der Waals surface area contributed by atoms with Crippen molar-refractivity contribution in [3.05, 3.63) is 28.8 Å². The number of hydrogen-bond acceptors (Lipinski definition) is 2. The van der Waals surface area contributed by atoms with Crippen molar-refractivity contribution in [1.82, 2.24) is 0 Å². The van der Waals surface area contributed by atoms with E-state index < -0.39 is 0 Å². The van der Waals surface area contributed by atoms with E-state index in [9.17, 15) is 4.79 Å². The Labute approximate surface area is 88.8 Å². The lowest BCUT2D eigenvalue weighted by Crippen LogP contribution is -1.96. The van der Waals surface area contributed by atoms with Crippen LogP contribution in [0.4, 0.5) is 0 Å². The number of ketones is 1. The Morgan fingerprint density at radius 2 is 2.21 bits per heavy atom. The van der Waals surface area contributed by atoms with Gasteiger partial charge in [0.2, 0.25) is 0 Å². The van der Waals surface area contributed by atoms with E-state index in [1.807, 2.05) is 6.07 Å². The van der Waals surface area contributed by atoms with Crippen molar-refractivity contribution in [3.8, 4) is 5.75 Å². The van der Waals surface area contributed by atoms with Crippen LogP contribution in [0.5, 0.6) is 5.75 Å². The molecule has 1 aromatic carbocycles. The molecule has 0 aliphatic heterocycles. The Bertz CT molecular complexity index is 334. The molecule has 0 heterocycles. The van der Waals surface area contributed by atoms with Crippen molar-refractivity contribution in [2.24, 2.45) is 0 Å². The second kappa shape index (κ2) is 5.01. The second-order valence-electron chi connectivity index (χ2n) is 3.16. The van der Waals surface area contributed by atoms with Crippen LogP contribution in [-0.2, 0) is 11.2 Å². The quantitative estimate of drug-likeness (QED) is 0.767. The van der Waals surface area contributed by atoms with Gasteiger partial charge in [-0.25, -0.2) is 0 Å². The molecule has 76 valence electrons. The Balaban J connectivity index is 2.80. The van der Waals surface area contributed by atoms with E-state index in [-0.39, 0.29) is 5.78 Å². The molecule has 14 heavy (non-hydrogen) atoms. The molecular weight excluding hydrogens is 200 g/mol. The molecule has 0 unspecified atom stereocenters. The molecule has 0 radical (unpaired) electrons. The number of Topliss-reactive ketones (excluding diaryl/α,β-unsaturated/α-hetero) is 1. The number of aryl methyl sites for hydroxylation is 1. The van der Waals surface area contributed by atoms with Gasteiger partial charge in [-0.1, -0.05) is 17.7 Å². The van der Waals surface area contributed by atoms with Crippen LogP contribution in [0.15, 0.2) is 18.2 Å². The van der Waals surface area contributed by atoms with Gasteiger partial charge in [0.25, 0.3) is 0 Å². The number of rotatable bonds is 4. The van der Waals surface area contributed by atoms with Crippen molar-refractivity contribution in [1.29, 1.82) is 0 Å². The lowest BCUT2D eigenvalue weighted by atomic mass is 10.1. The second-order valence-corrected chi connectivity index (χ2v) is 3.59. The summed E-state index contributed by atoms with van der Waals surface area (Å²) in [6.45, 7) is 1.59. The molecule has 0 atom stereocenters. The van der Waals surface area contributed by atoms with Gasteiger partial charge >= 0.3 is 0 Å². The zero-order valence-electron chi connectivity index (χ0n) is 8.34. The summed E-state index contributed by atoms with van der Waals surface area (Å²) >= 11 is 5.81. The van der Waals surface area contributed by atoms with E-state index in [2.05, 4.69) is 0 Å². The first-order valence-corrected chi connectivity index (χ1v) is 4.83. The molecule has 2 nitrogen and oxygen atoms in total. The molecule has 3 heteroatoms. The van der Waals surface area contributed by atoms with E-state index in [1.165, 1.54) is 0 Å². The van der Waals surface area contributed by atoms with Crippen molar-refractivity contribution in [2.75, 3.05) is 7.11 Å². The zero-order chi connectivity index (χ0) is 10.6. The largest absolute Gasteiger partial charge is 0.496 e. The third-order valence-electron chi connectivity index (χ3n) is 2.00. The Morgan fingerprint density at radius 3 is 2.79 bits per heavy atom. The summed E-state index contributed by atoms with van der Waals surface area (Å²) in [6.07, 6.45) is 1.24. The van der Waals surface area contributed by atoms with Gasteiger partial charge in [-0.15, -0.1) is 0 Å². The topological polar surface area (TPSA) is 26.3 Å². The zero-order valence-corrected chi connectivity index (χ0v) is 9.10. The summed E-state index contributed by atoms with van der Waals surface area (Å²) in [5.41, 5.74) is 1.02. The van der Waals surface area contributed by atoms with Gasteiger partial charge in [0.15, 0.2) is 0 Å². The van der Waals surface area contributed by atoms with Gasteiger partial charge < -0.3 is 9.53 Å². The van der Waals surface area contributed by atoms with Crippen LogP contribution in [-0.4, -0.2) is 12.9 Å². The van der Waals surface area contributed by atoms with Crippen LogP contribution in [0, 0.1) is 0 Å². The highest BCUT2D eigenvalue weighted by Gasteiger charge is 2.04. The fourth-order valence-corrected chi connectivity index (χ4v) is 1.40. The smallest absolute Gasteiger partial charge is 0.130 e. The van der Waals surface area contributed by atoms with Crippen LogP contribution in [0.3, 0.4) is 0 Å². The maximum absolute atomic E-state index is 10.8. The summed E-state index contributed by atoms with van der Waals surface area (Å²) in [6, 6.07) is 5.46. The molecule has 0 spiro atoms. The monoisotopic (exact) mass is 212 g/mol. The highest BCUT2D eigenvalue weighted by atomic mass is 35.5. The van der Waals surface area contributed by atoms with Crippen LogP contribution >= 0.6 is 11.6 Å². The normalized spacial score (nSPS) is 9.93. The lowest BCUT2D eigenvalue weighted by Gasteiger charge is -2.07. The maximum Gasteiger partial charge on any atom is 0.130 e. The molecule has 1 aromatic rings. The first-order chi connectivity index (χ1) is 6.63. The molecule has 0 saturated heterocycles. The average molecular weight is 213 g/mol. The van der Waals surface area contributed by atoms with Crippen LogP contribution in [0.2, 0.25) is 5.02 Å². The molecular formula is C11H13ClO2.